The molecule has 0 aliphatic rings. The number of carbonyl (C=O) groups is 2. The van der Waals surface area contributed by atoms with Gasteiger partial charge in [-0.3, -0.25) is 4.79 Å². The van der Waals surface area contributed by atoms with Gasteiger partial charge in [0.2, 0.25) is 5.91 Å². The lowest BCUT2D eigenvalue weighted by molar-refractivity contribution is -0.883. The van der Waals surface area contributed by atoms with Crippen molar-refractivity contribution >= 4 is 11.9 Å². The van der Waals surface area contributed by atoms with Crippen LogP contribution in [0.2, 0.25) is 0 Å². The Labute approximate surface area is 199 Å². The van der Waals surface area contributed by atoms with Crippen LogP contribution in [0.3, 0.4) is 0 Å². The SMILES string of the molecule is CCCCCCCCCCCCCCCCCCCC(=O)NCCC[N+](C)(C)CC(=O)O. The molecule has 0 radical (unpaired) electrons. The van der Waals surface area contributed by atoms with Gasteiger partial charge in [0.05, 0.1) is 20.6 Å². The molecule has 1 amide bonds. The zero-order chi connectivity index (χ0) is 23.9. The molecule has 0 bridgehead atoms. The zero-order valence-electron chi connectivity index (χ0n) is 21.8. The van der Waals surface area contributed by atoms with E-state index in [1.54, 1.807) is 0 Å². The number of unbranched alkanes of at least 4 members (excludes halogenated alkanes) is 16. The van der Waals surface area contributed by atoms with E-state index in [9.17, 15) is 9.59 Å². The molecule has 32 heavy (non-hydrogen) atoms. The fourth-order valence-electron chi connectivity index (χ4n) is 4.28. The van der Waals surface area contributed by atoms with Gasteiger partial charge in [-0.25, -0.2) is 4.79 Å². The highest BCUT2D eigenvalue weighted by atomic mass is 16.4. The highest BCUT2D eigenvalue weighted by Gasteiger charge is 2.18. The van der Waals surface area contributed by atoms with E-state index >= 15 is 0 Å². The summed E-state index contributed by atoms with van der Waals surface area (Å²) >= 11 is 0. The number of carboxylic acids is 1. The Morgan fingerprint density at radius 1 is 0.656 bits per heavy atom. The Kier molecular flexibility index (Phi) is 21.0. The minimum Gasteiger partial charge on any atom is -0.477 e. The third-order valence-corrected chi connectivity index (χ3v) is 6.33. The van der Waals surface area contributed by atoms with E-state index < -0.39 is 5.97 Å². The van der Waals surface area contributed by atoms with Crippen LogP contribution in [-0.4, -0.2) is 55.2 Å². The molecule has 0 aromatic rings. The van der Waals surface area contributed by atoms with Crippen molar-refractivity contribution in [3.63, 3.8) is 0 Å². The van der Waals surface area contributed by atoms with Gasteiger partial charge in [-0.1, -0.05) is 110 Å². The number of amides is 1. The highest BCUT2D eigenvalue weighted by molar-refractivity contribution is 5.75. The number of carbonyl (C=O) groups excluding carboxylic acids is 1. The van der Waals surface area contributed by atoms with Gasteiger partial charge in [0.1, 0.15) is 0 Å². The molecule has 190 valence electrons. The van der Waals surface area contributed by atoms with Crippen molar-refractivity contribution in [2.24, 2.45) is 0 Å². The van der Waals surface area contributed by atoms with Crippen molar-refractivity contribution in [1.29, 1.82) is 0 Å². The molecule has 0 aliphatic carbocycles. The second-order valence-corrected chi connectivity index (χ2v) is 10.3. The number of likely N-dealkylation sites (N-methyl/N-ethyl adjacent to an activating group) is 1. The van der Waals surface area contributed by atoms with Crippen molar-refractivity contribution in [3.05, 3.63) is 0 Å². The average Bonchev–Trinajstić information content (AvgIpc) is 2.72. The van der Waals surface area contributed by atoms with Gasteiger partial charge < -0.3 is 14.9 Å². The first-order chi connectivity index (χ1) is 15.4. The molecular formula is C27H55N2O3+. The topological polar surface area (TPSA) is 66.4 Å². The van der Waals surface area contributed by atoms with E-state index in [1.807, 2.05) is 14.1 Å². The van der Waals surface area contributed by atoms with Crippen LogP contribution in [0, 0.1) is 0 Å². The fraction of sp³-hybridized carbons (Fsp3) is 0.926. The molecule has 0 saturated heterocycles. The molecule has 0 atom stereocenters. The third kappa shape index (κ3) is 23.6. The Bertz CT molecular complexity index is 452. The third-order valence-electron chi connectivity index (χ3n) is 6.33. The van der Waals surface area contributed by atoms with Gasteiger partial charge in [0.25, 0.3) is 0 Å². The van der Waals surface area contributed by atoms with Crippen LogP contribution in [0.4, 0.5) is 0 Å². The minimum atomic E-state index is -0.780. The molecule has 0 spiro atoms. The summed E-state index contributed by atoms with van der Waals surface area (Å²) in [6, 6.07) is 0. The molecule has 5 nitrogen and oxygen atoms in total. The summed E-state index contributed by atoms with van der Waals surface area (Å²) in [6.07, 6.45) is 24.4. The Morgan fingerprint density at radius 3 is 1.47 bits per heavy atom. The molecule has 0 aromatic heterocycles. The van der Waals surface area contributed by atoms with Crippen LogP contribution in [0.1, 0.15) is 129 Å². The van der Waals surface area contributed by atoms with E-state index in [-0.39, 0.29) is 12.5 Å². The first kappa shape index (κ1) is 30.9. The van der Waals surface area contributed by atoms with Gasteiger partial charge in [-0.2, -0.15) is 0 Å². The summed E-state index contributed by atoms with van der Waals surface area (Å²) in [5.41, 5.74) is 0. The Morgan fingerprint density at radius 2 is 1.06 bits per heavy atom. The quantitative estimate of drug-likeness (QED) is 0.126. The van der Waals surface area contributed by atoms with E-state index in [2.05, 4.69) is 12.2 Å². The molecule has 0 unspecified atom stereocenters. The first-order valence-corrected chi connectivity index (χ1v) is 13.7. The van der Waals surface area contributed by atoms with Crippen molar-refractivity contribution in [2.75, 3.05) is 33.7 Å². The lowest BCUT2D eigenvalue weighted by Crippen LogP contribution is -2.45. The molecule has 0 heterocycles. The summed E-state index contributed by atoms with van der Waals surface area (Å²) in [5, 5.41) is 11.9. The maximum absolute atomic E-state index is 11.9. The van der Waals surface area contributed by atoms with Crippen molar-refractivity contribution < 1.29 is 19.2 Å². The van der Waals surface area contributed by atoms with Crippen LogP contribution in [0.5, 0.6) is 0 Å². The molecular weight excluding hydrogens is 400 g/mol. The molecule has 0 aliphatic heterocycles. The maximum Gasteiger partial charge on any atom is 0.359 e. The number of nitrogens with one attached hydrogen (secondary N) is 1. The van der Waals surface area contributed by atoms with E-state index in [0.29, 0.717) is 17.4 Å². The van der Waals surface area contributed by atoms with Crippen LogP contribution in [0.25, 0.3) is 0 Å². The van der Waals surface area contributed by atoms with Crippen molar-refractivity contribution in [2.45, 2.75) is 129 Å². The summed E-state index contributed by atoms with van der Waals surface area (Å²) < 4.78 is 0.449. The number of hydrogen-bond donors (Lipinski definition) is 2. The summed E-state index contributed by atoms with van der Waals surface area (Å²) in [4.78, 5) is 22.7. The number of hydrogen-bond acceptors (Lipinski definition) is 2. The molecule has 0 rings (SSSR count). The van der Waals surface area contributed by atoms with E-state index in [1.165, 1.54) is 96.3 Å². The highest BCUT2D eigenvalue weighted by Crippen LogP contribution is 2.14. The van der Waals surface area contributed by atoms with E-state index in [0.717, 1.165) is 25.8 Å². The van der Waals surface area contributed by atoms with Gasteiger partial charge in [0.15, 0.2) is 6.54 Å². The largest absolute Gasteiger partial charge is 0.477 e. The van der Waals surface area contributed by atoms with Crippen molar-refractivity contribution in [1.82, 2.24) is 5.32 Å². The number of aliphatic carboxylic acids is 1. The van der Waals surface area contributed by atoms with Gasteiger partial charge in [-0.05, 0) is 6.42 Å². The monoisotopic (exact) mass is 455 g/mol. The lowest BCUT2D eigenvalue weighted by atomic mass is 10.0. The smallest absolute Gasteiger partial charge is 0.359 e. The number of carboxylic acid groups (broad SMARTS) is 1. The molecule has 0 aromatic carbocycles. The van der Waals surface area contributed by atoms with Crippen LogP contribution in [-0.2, 0) is 9.59 Å². The van der Waals surface area contributed by atoms with Gasteiger partial charge >= 0.3 is 5.97 Å². The number of quaternary nitrogens is 1. The molecule has 0 fully saturated rings. The zero-order valence-corrected chi connectivity index (χ0v) is 21.8. The van der Waals surface area contributed by atoms with E-state index in [4.69, 9.17) is 5.11 Å². The van der Waals surface area contributed by atoms with Gasteiger partial charge in [-0.15, -0.1) is 0 Å². The predicted octanol–water partition coefficient (Wildman–Crippen LogP) is 6.70. The summed E-state index contributed by atoms with van der Waals surface area (Å²) in [6.45, 7) is 3.79. The molecule has 0 saturated carbocycles. The normalized spacial score (nSPS) is 11.6. The van der Waals surface area contributed by atoms with Crippen LogP contribution >= 0.6 is 0 Å². The summed E-state index contributed by atoms with van der Waals surface area (Å²) in [5.74, 6) is -0.646. The summed E-state index contributed by atoms with van der Waals surface area (Å²) in [7, 11) is 3.82. The van der Waals surface area contributed by atoms with Crippen LogP contribution in [0.15, 0.2) is 0 Å². The number of nitrogens with zero attached hydrogens (tertiary/aromatic N) is 1. The van der Waals surface area contributed by atoms with Crippen molar-refractivity contribution in [3.8, 4) is 0 Å². The molecule has 5 heteroatoms. The minimum absolute atomic E-state index is 0.118. The van der Waals surface area contributed by atoms with Crippen LogP contribution < -0.4 is 5.32 Å². The first-order valence-electron chi connectivity index (χ1n) is 13.7. The second-order valence-electron chi connectivity index (χ2n) is 10.3. The second kappa shape index (κ2) is 21.7. The predicted molar refractivity (Wildman–Crippen MR) is 136 cm³/mol. The maximum atomic E-state index is 11.9. The van der Waals surface area contributed by atoms with Gasteiger partial charge in [0, 0.05) is 19.4 Å². The standard InChI is InChI=1S/C27H54N2O3/c1-4-5-6-7-8-9-10-11-12-13-14-15-16-17-18-19-20-22-26(30)28-23-21-24-29(2,3)25-27(31)32/h4-25H2,1-3H3,(H-,28,30,31,32)/p+1. The molecule has 2 N–H and O–H groups in total. The number of rotatable bonds is 24. The Balaban J connectivity index is 3.28. The fourth-order valence-corrected chi connectivity index (χ4v) is 4.28. The Hall–Kier alpha value is -1.10. The lowest BCUT2D eigenvalue weighted by Gasteiger charge is -2.27. The average molecular weight is 456 g/mol.